The van der Waals surface area contributed by atoms with Crippen molar-refractivity contribution >= 4 is 23.7 Å². The summed E-state index contributed by atoms with van der Waals surface area (Å²) in [6, 6.07) is 1.67. The minimum Gasteiger partial charge on any atom is -0.508 e. The monoisotopic (exact) mass is 494 g/mol. The van der Waals surface area contributed by atoms with E-state index in [0.29, 0.717) is 6.42 Å². The number of carboxylic acids is 1. The number of hydrogen-bond acceptors (Lipinski definition) is 7. The van der Waals surface area contributed by atoms with Gasteiger partial charge >= 0.3 is 5.97 Å². The van der Waals surface area contributed by atoms with Gasteiger partial charge < -0.3 is 37.0 Å². The molecule has 1 aromatic carbocycles. The zero-order valence-corrected chi connectivity index (χ0v) is 20.8. The molecule has 0 aromatic heterocycles. The van der Waals surface area contributed by atoms with Crippen LogP contribution in [-0.2, 0) is 25.6 Å². The lowest BCUT2D eigenvalue weighted by Gasteiger charge is -2.29. The molecular weight excluding hydrogens is 456 g/mol. The molecule has 0 aliphatic rings. The first-order chi connectivity index (χ1) is 16.3. The fraction of sp³-hybridized carbons (Fsp3) is 0.583. The summed E-state index contributed by atoms with van der Waals surface area (Å²) in [6.45, 7) is 8.22. The second kappa shape index (κ2) is 13.6. The Morgan fingerprint density at radius 2 is 1.34 bits per heavy atom. The van der Waals surface area contributed by atoms with Crippen molar-refractivity contribution in [2.24, 2.45) is 17.6 Å². The van der Waals surface area contributed by atoms with Gasteiger partial charge in [-0.3, -0.25) is 14.4 Å². The molecule has 0 fully saturated rings. The number of amides is 3. The molecule has 196 valence electrons. The topological polar surface area (TPSA) is 191 Å². The maximum absolute atomic E-state index is 13.1. The minimum atomic E-state index is -1.54. The molecule has 6 unspecified atom stereocenters. The van der Waals surface area contributed by atoms with E-state index in [2.05, 4.69) is 16.0 Å². The average Bonchev–Trinajstić information content (AvgIpc) is 2.78. The summed E-state index contributed by atoms with van der Waals surface area (Å²) in [4.78, 5) is 50.0. The highest BCUT2D eigenvalue weighted by molar-refractivity contribution is 5.94. The van der Waals surface area contributed by atoms with Crippen LogP contribution in [0.1, 0.15) is 46.6 Å². The standard InChI is InChI=1S/C24H38N4O7/c1-6-13(4)19(23(33)28-20(14(5)29)24(34)35)27-22(32)18(12(2)3)26-21(31)17(25)11-15-7-9-16(30)10-8-15/h7-10,12-14,17-20,29-30H,6,11,25H2,1-5H3,(H,26,31)(H,27,32)(H,28,33)(H,34,35). The van der Waals surface area contributed by atoms with Gasteiger partial charge in [0.15, 0.2) is 6.04 Å². The molecule has 11 nitrogen and oxygen atoms in total. The average molecular weight is 495 g/mol. The van der Waals surface area contributed by atoms with Gasteiger partial charge in [0.05, 0.1) is 12.1 Å². The Morgan fingerprint density at radius 1 is 0.857 bits per heavy atom. The summed E-state index contributed by atoms with van der Waals surface area (Å²) in [5, 5.41) is 35.8. The Labute approximate surface area is 205 Å². The maximum atomic E-state index is 13.1. The van der Waals surface area contributed by atoms with Gasteiger partial charge in [-0.25, -0.2) is 4.79 Å². The number of aliphatic carboxylic acids is 1. The van der Waals surface area contributed by atoms with Crippen molar-refractivity contribution in [3.63, 3.8) is 0 Å². The Bertz CT molecular complexity index is 873. The first-order valence-electron chi connectivity index (χ1n) is 11.6. The Balaban J connectivity index is 2.95. The minimum absolute atomic E-state index is 0.0892. The summed E-state index contributed by atoms with van der Waals surface area (Å²) >= 11 is 0. The van der Waals surface area contributed by atoms with Gasteiger partial charge in [-0.15, -0.1) is 0 Å². The van der Waals surface area contributed by atoms with E-state index in [9.17, 15) is 34.5 Å². The third-order valence-corrected chi connectivity index (χ3v) is 5.82. The largest absolute Gasteiger partial charge is 0.508 e. The number of nitrogens with two attached hydrogens (primary N) is 1. The number of benzene rings is 1. The number of phenols is 1. The first-order valence-corrected chi connectivity index (χ1v) is 11.6. The Kier molecular flexibility index (Phi) is 11.6. The normalized spacial score (nSPS) is 16.3. The van der Waals surface area contributed by atoms with Gasteiger partial charge in [-0.1, -0.05) is 46.2 Å². The van der Waals surface area contributed by atoms with Crippen molar-refractivity contribution in [2.45, 2.75) is 77.7 Å². The number of aliphatic hydroxyl groups excluding tert-OH is 1. The van der Waals surface area contributed by atoms with Crippen molar-refractivity contribution in [3.8, 4) is 5.75 Å². The third kappa shape index (κ3) is 9.18. The van der Waals surface area contributed by atoms with Crippen LogP contribution in [0.5, 0.6) is 5.75 Å². The molecule has 3 amide bonds. The number of aromatic hydroxyl groups is 1. The highest BCUT2D eigenvalue weighted by atomic mass is 16.4. The molecule has 0 bridgehead atoms. The molecule has 0 heterocycles. The molecule has 0 saturated carbocycles. The van der Waals surface area contributed by atoms with Crippen molar-refractivity contribution in [1.82, 2.24) is 16.0 Å². The predicted molar refractivity (Wildman–Crippen MR) is 129 cm³/mol. The SMILES string of the molecule is CCC(C)C(NC(=O)C(NC(=O)C(N)Cc1ccc(O)cc1)C(C)C)C(=O)NC(C(=O)O)C(C)O. The molecule has 8 N–H and O–H groups in total. The second-order valence-corrected chi connectivity index (χ2v) is 9.14. The molecule has 0 spiro atoms. The number of rotatable bonds is 13. The number of phenolic OH excluding ortho intramolecular Hbond substituents is 1. The fourth-order valence-corrected chi connectivity index (χ4v) is 3.35. The number of carbonyl (C=O) groups excluding carboxylic acids is 3. The first kappa shape index (κ1) is 29.9. The number of hydrogen-bond donors (Lipinski definition) is 7. The molecule has 11 heteroatoms. The molecule has 1 aromatic rings. The van der Waals surface area contributed by atoms with E-state index < -0.39 is 54.0 Å². The van der Waals surface area contributed by atoms with Crippen molar-refractivity contribution in [1.29, 1.82) is 0 Å². The van der Waals surface area contributed by atoms with Gasteiger partial charge in [0.25, 0.3) is 0 Å². The molecule has 35 heavy (non-hydrogen) atoms. The van der Waals surface area contributed by atoms with Crippen molar-refractivity contribution in [2.75, 3.05) is 0 Å². The number of carbonyl (C=O) groups is 4. The summed E-state index contributed by atoms with van der Waals surface area (Å²) < 4.78 is 0. The summed E-state index contributed by atoms with van der Waals surface area (Å²) in [7, 11) is 0. The van der Waals surface area contributed by atoms with E-state index in [4.69, 9.17) is 5.73 Å². The maximum Gasteiger partial charge on any atom is 0.328 e. The smallest absolute Gasteiger partial charge is 0.328 e. The Morgan fingerprint density at radius 3 is 1.80 bits per heavy atom. The van der Waals surface area contributed by atoms with Crippen LogP contribution in [0, 0.1) is 11.8 Å². The second-order valence-electron chi connectivity index (χ2n) is 9.14. The quantitative estimate of drug-likeness (QED) is 0.197. The van der Waals surface area contributed by atoms with Crippen LogP contribution in [0.2, 0.25) is 0 Å². The molecule has 1 rings (SSSR count). The third-order valence-electron chi connectivity index (χ3n) is 5.82. The van der Waals surface area contributed by atoms with E-state index in [-0.39, 0.29) is 24.0 Å². The molecule has 0 saturated heterocycles. The highest BCUT2D eigenvalue weighted by Gasteiger charge is 2.34. The summed E-state index contributed by atoms with van der Waals surface area (Å²) in [5.41, 5.74) is 6.75. The van der Waals surface area contributed by atoms with E-state index in [1.807, 2.05) is 6.92 Å². The predicted octanol–water partition coefficient (Wildman–Crippen LogP) is -0.116. The highest BCUT2D eigenvalue weighted by Crippen LogP contribution is 2.13. The number of aliphatic hydroxyl groups is 1. The lowest BCUT2D eigenvalue weighted by molar-refractivity contribution is -0.145. The van der Waals surface area contributed by atoms with Crippen LogP contribution in [0.3, 0.4) is 0 Å². The molecule has 6 atom stereocenters. The fourth-order valence-electron chi connectivity index (χ4n) is 3.35. The van der Waals surface area contributed by atoms with Crippen LogP contribution in [0.4, 0.5) is 0 Å². The number of carboxylic acid groups (broad SMARTS) is 1. The zero-order valence-electron chi connectivity index (χ0n) is 20.8. The summed E-state index contributed by atoms with van der Waals surface area (Å²) in [5.74, 6) is -3.94. The van der Waals surface area contributed by atoms with Crippen LogP contribution in [0.15, 0.2) is 24.3 Å². The van der Waals surface area contributed by atoms with Crippen LogP contribution < -0.4 is 21.7 Å². The molecule has 0 aliphatic carbocycles. The van der Waals surface area contributed by atoms with E-state index in [1.54, 1.807) is 32.9 Å². The van der Waals surface area contributed by atoms with Crippen LogP contribution in [0.25, 0.3) is 0 Å². The van der Waals surface area contributed by atoms with Gasteiger partial charge in [-0.2, -0.15) is 0 Å². The summed E-state index contributed by atoms with van der Waals surface area (Å²) in [6.07, 6.45) is -0.657. The molecular formula is C24H38N4O7. The lowest BCUT2D eigenvalue weighted by Crippen LogP contribution is -2.60. The Hall–Kier alpha value is -3.18. The number of nitrogens with one attached hydrogen (secondary N) is 3. The van der Waals surface area contributed by atoms with Gasteiger partial charge in [-0.05, 0) is 42.9 Å². The van der Waals surface area contributed by atoms with Gasteiger partial charge in [0.1, 0.15) is 17.8 Å². The van der Waals surface area contributed by atoms with E-state index >= 15 is 0 Å². The lowest BCUT2D eigenvalue weighted by atomic mass is 9.95. The van der Waals surface area contributed by atoms with Crippen molar-refractivity contribution in [3.05, 3.63) is 29.8 Å². The van der Waals surface area contributed by atoms with Gasteiger partial charge in [0.2, 0.25) is 17.7 Å². The molecule has 0 aliphatic heterocycles. The van der Waals surface area contributed by atoms with Crippen LogP contribution in [-0.4, -0.2) is 69.3 Å². The van der Waals surface area contributed by atoms with E-state index in [0.717, 1.165) is 5.56 Å². The zero-order chi connectivity index (χ0) is 26.9. The van der Waals surface area contributed by atoms with E-state index in [1.165, 1.54) is 19.1 Å². The van der Waals surface area contributed by atoms with Crippen molar-refractivity contribution < 1.29 is 34.5 Å². The molecule has 0 radical (unpaired) electrons. The van der Waals surface area contributed by atoms with Gasteiger partial charge in [0, 0.05) is 0 Å². The van der Waals surface area contributed by atoms with Crippen LogP contribution >= 0.6 is 0 Å².